The average molecular weight is 377 g/mol. The van der Waals surface area contributed by atoms with E-state index in [0.717, 1.165) is 12.3 Å². The Bertz CT molecular complexity index is 739. The maximum atomic E-state index is 14.0. The van der Waals surface area contributed by atoms with Crippen molar-refractivity contribution in [3.05, 3.63) is 22.7 Å². The number of hydrogen-bond donors (Lipinski definition) is 3. The smallest absolute Gasteiger partial charge is 0.351 e. The molecule has 0 radical (unpaired) electrons. The van der Waals surface area contributed by atoms with Gasteiger partial charge in [0.25, 0.3) is 0 Å². The van der Waals surface area contributed by atoms with Crippen molar-refractivity contribution in [3.8, 4) is 0 Å². The number of amides is 1. The number of nitrogens with one attached hydrogen (secondary N) is 1. The minimum absolute atomic E-state index is 0.179. The van der Waals surface area contributed by atoms with Crippen molar-refractivity contribution in [2.24, 2.45) is 0 Å². The van der Waals surface area contributed by atoms with E-state index in [1.807, 2.05) is 0 Å². The van der Waals surface area contributed by atoms with Gasteiger partial charge in [-0.2, -0.15) is 13.8 Å². The second-order valence-corrected chi connectivity index (χ2v) is 5.46. The third-order valence-corrected chi connectivity index (χ3v) is 3.69. The van der Waals surface area contributed by atoms with Crippen LogP contribution >= 0.6 is 0 Å². The van der Waals surface area contributed by atoms with Crippen LogP contribution in [0.15, 0.2) is 17.1 Å². The number of carbonyl (C=O) groups excluding carboxylic acids is 2. The first-order valence-electron chi connectivity index (χ1n) is 7.48. The molecule has 12 heteroatoms. The van der Waals surface area contributed by atoms with Gasteiger partial charge < -0.3 is 25.0 Å². The molecular weight excluding hydrogens is 360 g/mol. The molecule has 26 heavy (non-hydrogen) atoms. The second kappa shape index (κ2) is 7.85. The number of nitrogens with zero attached hydrogens (tertiary/aromatic N) is 2. The zero-order chi connectivity index (χ0) is 19.5. The van der Waals surface area contributed by atoms with Crippen LogP contribution in [0.3, 0.4) is 0 Å². The quantitative estimate of drug-likeness (QED) is 0.538. The fourth-order valence-electron chi connectivity index (χ4n) is 2.30. The summed E-state index contributed by atoms with van der Waals surface area (Å²) in [5.41, 5.74) is -1.16. The predicted molar refractivity (Wildman–Crippen MR) is 80.3 cm³/mol. The van der Waals surface area contributed by atoms with E-state index in [1.54, 1.807) is 0 Å². The van der Waals surface area contributed by atoms with Crippen LogP contribution in [0.2, 0.25) is 0 Å². The molecule has 0 saturated carbocycles. The molecular formula is C14H17F2N3O7. The monoisotopic (exact) mass is 377 g/mol. The molecule has 0 spiro atoms. The summed E-state index contributed by atoms with van der Waals surface area (Å²) in [5, 5.41) is 20.7. The number of rotatable bonds is 6. The summed E-state index contributed by atoms with van der Waals surface area (Å²) in [4.78, 5) is 38.0. The number of carbonyl (C=O) groups is 2. The van der Waals surface area contributed by atoms with Gasteiger partial charge in [-0.3, -0.25) is 14.2 Å². The second-order valence-electron chi connectivity index (χ2n) is 5.46. The third kappa shape index (κ3) is 4.03. The summed E-state index contributed by atoms with van der Waals surface area (Å²) >= 11 is 0. The minimum atomic E-state index is -3.83. The summed E-state index contributed by atoms with van der Waals surface area (Å²) in [6.45, 7) is -0.857. The van der Waals surface area contributed by atoms with Gasteiger partial charge in [0.2, 0.25) is 12.1 Å². The van der Waals surface area contributed by atoms with Gasteiger partial charge in [-0.25, -0.2) is 4.79 Å². The van der Waals surface area contributed by atoms with Crippen LogP contribution in [-0.2, 0) is 19.1 Å². The molecule has 0 aliphatic carbocycles. The van der Waals surface area contributed by atoms with Crippen LogP contribution in [0, 0.1) is 0 Å². The van der Waals surface area contributed by atoms with E-state index < -0.39 is 48.5 Å². The maximum absolute atomic E-state index is 14.0. The lowest BCUT2D eigenvalue weighted by Gasteiger charge is -2.21. The number of halogens is 2. The Kier molecular flexibility index (Phi) is 6.00. The Morgan fingerprint density at radius 2 is 2.15 bits per heavy atom. The molecule has 1 unspecified atom stereocenters. The van der Waals surface area contributed by atoms with Crippen LogP contribution < -0.4 is 11.0 Å². The number of methoxy groups -OCH3 is 1. The van der Waals surface area contributed by atoms with Gasteiger partial charge in [0.1, 0.15) is 11.9 Å². The Labute approximate surface area is 145 Å². The number of aliphatic hydroxyl groups is 2. The Morgan fingerprint density at radius 3 is 2.69 bits per heavy atom. The lowest BCUT2D eigenvalue weighted by molar-refractivity contribution is -0.141. The molecule has 0 aromatic carbocycles. The van der Waals surface area contributed by atoms with Gasteiger partial charge in [-0.05, 0) is 6.07 Å². The topological polar surface area (TPSA) is 140 Å². The zero-order valence-corrected chi connectivity index (χ0v) is 13.6. The highest BCUT2D eigenvalue weighted by Gasteiger charge is 2.59. The predicted octanol–water partition coefficient (Wildman–Crippen LogP) is -0.979. The molecule has 3 atom stereocenters. The van der Waals surface area contributed by atoms with E-state index in [2.05, 4.69) is 15.0 Å². The SMILES string of the molecule is COC(=O)CCC(=O)Nc1ccn(C2O[C@H](CO)[C@@H](O)C2(F)F)c(=O)n1. The van der Waals surface area contributed by atoms with E-state index in [1.165, 1.54) is 7.11 Å². The van der Waals surface area contributed by atoms with E-state index in [9.17, 15) is 28.3 Å². The number of aromatic nitrogens is 2. The lowest BCUT2D eigenvalue weighted by Crippen LogP contribution is -2.41. The van der Waals surface area contributed by atoms with Crippen molar-refractivity contribution in [2.75, 3.05) is 19.0 Å². The van der Waals surface area contributed by atoms with Gasteiger partial charge >= 0.3 is 17.6 Å². The third-order valence-electron chi connectivity index (χ3n) is 3.69. The van der Waals surface area contributed by atoms with Crippen molar-refractivity contribution in [1.82, 2.24) is 9.55 Å². The van der Waals surface area contributed by atoms with Crippen molar-refractivity contribution < 1.29 is 38.1 Å². The molecule has 1 amide bonds. The minimum Gasteiger partial charge on any atom is -0.469 e. The number of anilines is 1. The summed E-state index contributed by atoms with van der Waals surface area (Å²) in [7, 11) is 1.17. The molecule has 3 N–H and O–H groups in total. The summed E-state index contributed by atoms with van der Waals surface area (Å²) in [6, 6.07) is 1.08. The Morgan fingerprint density at radius 1 is 1.46 bits per heavy atom. The average Bonchev–Trinajstić information content (AvgIpc) is 2.83. The lowest BCUT2D eigenvalue weighted by atomic mass is 10.1. The molecule has 2 heterocycles. The standard InChI is InChI=1S/C14H17F2N3O7/c1-25-10(22)3-2-9(21)17-8-4-5-19(13(24)18-8)12-14(15,16)11(23)7(6-20)26-12/h4-5,7,11-12,20,23H,2-3,6H2,1H3,(H,17,18,21,24)/t7-,11-,12?/m1/s1. The van der Waals surface area contributed by atoms with Crippen LogP contribution in [0.25, 0.3) is 0 Å². The van der Waals surface area contributed by atoms with Crippen molar-refractivity contribution in [3.63, 3.8) is 0 Å². The molecule has 1 fully saturated rings. The van der Waals surface area contributed by atoms with E-state index >= 15 is 0 Å². The number of hydrogen-bond acceptors (Lipinski definition) is 8. The fourth-order valence-corrected chi connectivity index (χ4v) is 2.30. The molecule has 144 valence electrons. The van der Waals surface area contributed by atoms with Gasteiger partial charge in [0.05, 0.1) is 20.1 Å². The van der Waals surface area contributed by atoms with E-state index in [4.69, 9.17) is 9.84 Å². The number of aliphatic hydroxyl groups excluding tert-OH is 2. The largest absolute Gasteiger partial charge is 0.469 e. The summed E-state index contributed by atoms with van der Waals surface area (Å²) in [5.74, 6) is -5.26. The van der Waals surface area contributed by atoms with Crippen molar-refractivity contribution in [2.45, 2.75) is 37.2 Å². The normalized spacial score (nSPS) is 24.3. The molecule has 2 rings (SSSR count). The molecule has 1 aromatic rings. The van der Waals surface area contributed by atoms with Crippen LogP contribution in [0.4, 0.5) is 14.6 Å². The molecule has 1 aliphatic heterocycles. The molecule has 1 aliphatic rings. The number of ether oxygens (including phenoxy) is 2. The molecule has 1 aromatic heterocycles. The first kappa shape index (κ1) is 19.9. The van der Waals surface area contributed by atoms with Crippen molar-refractivity contribution >= 4 is 17.7 Å². The number of alkyl halides is 2. The van der Waals surface area contributed by atoms with Crippen LogP contribution in [-0.4, -0.2) is 63.5 Å². The van der Waals surface area contributed by atoms with Gasteiger partial charge in [0.15, 0.2) is 6.10 Å². The summed E-state index contributed by atoms with van der Waals surface area (Å²) < 4.78 is 37.7. The first-order chi connectivity index (χ1) is 12.2. The highest BCUT2D eigenvalue weighted by molar-refractivity contribution is 5.91. The van der Waals surface area contributed by atoms with Gasteiger partial charge in [0, 0.05) is 12.6 Å². The highest BCUT2D eigenvalue weighted by atomic mass is 19.3. The molecule has 1 saturated heterocycles. The van der Waals surface area contributed by atoms with Gasteiger partial charge in [-0.15, -0.1) is 0 Å². The van der Waals surface area contributed by atoms with Crippen molar-refractivity contribution in [1.29, 1.82) is 0 Å². The molecule has 10 nitrogen and oxygen atoms in total. The summed E-state index contributed by atoms with van der Waals surface area (Å²) in [6.07, 6.45) is -5.48. The van der Waals surface area contributed by atoms with Gasteiger partial charge in [-0.1, -0.05) is 0 Å². The van der Waals surface area contributed by atoms with Crippen LogP contribution in [0.1, 0.15) is 19.1 Å². The van der Waals surface area contributed by atoms with E-state index in [0.29, 0.717) is 4.57 Å². The maximum Gasteiger partial charge on any atom is 0.351 e. The molecule has 0 bridgehead atoms. The Balaban J connectivity index is 2.11. The van der Waals surface area contributed by atoms with E-state index in [-0.39, 0.29) is 18.7 Å². The van der Waals surface area contributed by atoms with Crippen LogP contribution in [0.5, 0.6) is 0 Å². The zero-order valence-electron chi connectivity index (χ0n) is 13.6. The highest BCUT2D eigenvalue weighted by Crippen LogP contribution is 2.41. The fraction of sp³-hybridized carbons (Fsp3) is 0.571. The Hall–Kier alpha value is -2.44. The number of esters is 1. The first-order valence-corrected chi connectivity index (χ1v) is 7.48.